The Hall–Kier alpha value is -0.590. The molecule has 132 valence electrons. The van der Waals surface area contributed by atoms with Crippen LogP contribution in [0.25, 0.3) is 0 Å². The number of nitrogens with zero attached hydrogens (tertiary/aromatic N) is 1. The Morgan fingerprint density at radius 2 is 1.70 bits per heavy atom. The van der Waals surface area contributed by atoms with Crippen LogP contribution >= 0.6 is 15.9 Å². The van der Waals surface area contributed by atoms with E-state index in [1.807, 2.05) is 34.6 Å². The van der Waals surface area contributed by atoms with Crippen molar-refractivity contribution in [3.63, 3.8) is 0 Å². The highest BCUT2D eigenvalue weighted by Gasteiger charge is 2.26. The average Bonchev–Trinajstić information content (AvgIpc) is 2.44. The number of sulfonamides is 1. The van der Waals surface area contributed by atoms with Crippen molar-refractivity contribution in [3.05, 3.63) is 22.7 Å². The van der Waals surface area contributed by atoms with E-state index in [1.54, 1.807) is 22.5 Å². The Balaban J connectivity index is 3.17. The molecule has 0 bridgehead atoms. The summed E-state index contributed by atoms with van der Waals surface area (Å²) < 4.78 is 34.0. The van der Waals surface area contributed by atoms with Gasteiger partial charge in [-0.25, -0.2) is 8.42 Å². The molecule has 0 spiro atoms. The molecule has 0 heterocycles. The van der Waals surface area contributed by atoms with Gasteiger partial charge in [0.2, 0.25) is 10.0 Å². The molecule has 1 rings (SSSR count). The van der Waals surface area contributed by atoms with Crippen LogP contribution in [0.15, 0.2) is 27.6 Å². The number of halogens is 1. The van der Waals surface area contributed by atoms with E-state index in [2.05, 4.69) is 15.9 Å². The Morgan fingerprint density at radius 1 is 1.13 bits per heavy atom. The first kappa shape index (κ1) is 20.5. The highest BCUT2D eigenvalue weighted by Crippen LogP contribution is 2.30. The van der Waals surface area contributed by atoms with Gasteiger partial charge in [-0.1, -0.05) is 34.6 Å². The number of benzene rings is 1. The first-order chi connectivity index (χ1) is 10.7. The van der Waals surface area contributed by atoms with Crippen LogP contribution in [0.4, 0.5) is 0 Å². The fourth-order valence-corrected chi connectivity index (χ4v) is 4.35. The quantitative estimate of drug-likeness (QED) is 0.605. The molecule has 0 N–H and O–H groups in total. The highest BCUT2D eigenvalue weighted by atomic mass is 79.9. The molecule has 0 amide bonds. The molecule has 0 fully saturated rings. The zero-order valence-corrected chi connectivity index (χ0v) is 17.1. The fraction of sp³-hybridized carbons (Fsp3) is 0.647. The second-order valence-electron chi connectivity index (χ2n) is 6.55. The Bertz CT molecular complexity index is 590. The zero-order valence-electron chi connectivity index (χ0n) is 14.7. The summed E-state index contributed by atoms with van der Waals surface area (Å²) in [5.74, 6) is 1.12. The average molecular weight is 406 g/mol. The van der Waals surface area contributed by atoms with Gasteiger partial charge >= 0.3 is 0 Å². The van der Waals surface area contributed by atoms with Gasteiger partial charge in [0, 0.05) is 19.2 Å². The Labute approximate surface area is 149 Å². The van der Waals surface area contributed by atoms with Crippen molar-refractivity contribution in [2.45, 2.75) is 45.9 Å². The van der Waals surface area contributed by atoms with Gasteiger partial charge in [0.15, 0.2) is 0 Å². The van der Waals surface area contributed by atoms with Gasteiger partial charge in [0.05, 0.1) is 16.0 Å². The van der Waals surface area contributed by atoms with E-state index in [-0.39, 0.29) is 16.7 Å². The monoisotopic (exact) mass is 405 g/mol. The van der Waals surface area contributed by atoms with Crippen molar-refractivity contribution in [2.24, 2.45) is 11.8 Å². The fourth-order valence-electron chi connectivity index (χ4n) is 2.20. The van der Waals surface area contributed by atoms with E-state index in [4.69, 9.17) is 4.74 Å². The smallest absolute Gasteiger partial charge is 0.243 e. The van der Waals surface area contributed by atoms with Crippen molar-refractivity contribution in [1.82, 2.24) is 4.31 Å². The molecule has 0 radical (unpaired) electrons. The van der Waals surface area contributed by atoms with Crippen molar-refractivity contribution in [1.29, 1.82) is 0 Å². The van der Waals surface area contributed by atoms with Crippen molar-refractivity contribution in [3.8, 4) is 5.75 Å². The second kappa shape index (κ2) is 9.04. The third kappa shape index (κ3) is 6.08. The van der Waals surface area contributed by atoms with Crippen LogP contribution in [0.3, 0.4) is 0 Å². The Kier molecular flexibility index (Phi) is 8.04. The van der Waals surface area contributed by atoms with Gasteiger partial charge in [-0.3, -0.25) is 0 Å². The molecule has 0 aliphatic carbocycles. The zero-order chi connectivity index (χ0) is 17.6. The molecule has 0 aromatic heterocycles. The predicted octanol–water partition coefficient (Wildman–Crippen LogP) is 4.54. The lowest BCUT2D eigenvalue weighted by Gasteiger charge is -2.26. The van der Waals surface area contributed by atoms with Gasteiger partial charge in [0.1, 0.15) is 5.75 Å². The molecule has 6 heteroatoms. The largest absolute Gasteiger partial charge is 0.492 e. The van der Waals surface area contributed by atoms with Gasteiger partial charge < -0.3 is 4.74 Å². The molecule has 0 aliphatic rings. The van der Waals surface area contributed by atoms with Crippen LogP contribution in [0, 0.1) is 11.8 Å². The third-order valence-corrected chi connectivity index (χ3v) is 5.62. The summed E-state index contributed by atoms with van der Waals surface area (Å²) in [7, 11) is -3.52. The van der Waals surface area contributed by atoms with E-state index in [0.29, 0.717) is 25.4 Å². The number of rotatable bonds is 9. The summed E-state index contributed by atoms with van der Waals surface area (Å²) in [5, 5.41) is 0. The molecule has 0 aliphatic heterocycles. The predicted molar refractivity (Wildman–Crippen MR) is 98.4 cm³/mol. The van der Waals surface area contributed by atoms with E-state index in [0.717, 1.165) is 10.9 Å². The summed E-state index contributed by atoms with van der Waals surface area (Å²) in [6.07, 6.45) is 0.871. The molecule has 4 nitrogen and oxygen atoms in total. The molecular formula is C17H28BrNO3S. The number of ether oxygens (including phenoxy) is 1. The molecule has 1 aromatic rings. The lowest BCUT2D eigenvalue weighted by Crippen LogP contribution is -2.37. The van der Waals surface area contributed by atoms with Crippen molar-refractivity contribution < 1.29 is 13.2 Å². The summed E-state index contributed by atoms with van der Waals surface area (Å²) >= 11 is 3.41. The van der Waals surface area contributed by atoms with E-state index >= 15 is 0 Å². The van der Waals surface area contributed by atoms with Crippen LogP contribution in [-0.2, 0) is 10.0 Å². The summed E-state index contributed by atoms with van der Waals surface area (Å²) in [6.45, 7) is 11.7. The lowest BCUT2D eigenvalue weighted by molar-refractivity contribution is 0.313. The summed E-state index contributed by atoms with van der Waals surface area (Å²) in [5.41, 5.74) is 0. The van der Waals surface area contributed by atoms with Gasteiger partial charge in [-0.2, -0.15) is 4.31 Å². The molecule has 0 saturated carbocycles. The number of hydrogen-bond donors (Lipinski definition) is 0. The van der Waals surface area contributed by atoms with Gasteiger partial charge in [-0.15, -0.1) is 0 Å². The number of hydrogen-bond acceptors (Lipinski definition) is 3. The SMILES string of the molecule is CCCOc1cc(S(=O)(=O)N(CC(C)C)CC(C)C)ccc1Br. The maximum Gasteiger partial charge on any atom is 0.243 e. The van der Waals surface area contributed by atoms with E-state index in [9.17, 15) is 8.42 Å². The highest BCUT2D eigenvalue weighted by molar-refractivity contribution is 9.10. The standard InChI is InChI=1S/C17H28BrNO3S/c1-6-9-22-17-10-15(7-8-16(17)18)23(20,21)19(11-13(2)3)12-14(4)5/h7-8,10,13-14H,6,9,11-12H2,1-5H3. The van der Waals surface area contributed by atoms with Crippen LogP contribution < -0.4 is 4.74 Å². The normalized spacial score (nSPS) is 12.4. The lowest BCUT2D eigenvalue weighted by atomic mass is 10.2. The molecule has 1 aromatic carbocycles. The van der Waals surface area contributed by atoms with Crippen LogP contribution in [-0.4, -0.2) is 32.4 Å². The minimum atomic E-state index is -3.52. The summed E-state index contributed by atoms with van der Waals surface area (Å²) in [4.78, 5) is 0.285. The summed E-state index contributed by atoms with van der Waals surface area (Å²) in [6, 6.07) is 4.98. The minimum absolute atomic E-state index is 0.273. The van der Waals surface area contributed by atoms with Crippen LogP contribution in [0.1, 0.15) is 41.0 Å². The minimum Gasteiger partial charge on any atom is -0.492 e. The maximum atomic E-state index is 13.0. The Morgan fingerprint density at radius 3 is 2.17 bits per heavy atom. The van der Waals surface area contributed by atoms with E-state index in [1.165, 1.54) is 0 Å². The molecule has 0 unspecified atom stereocenters. The topological polar surface area (TPSA) is 46.6 Å². The first-order valence-corrected chi connectivity index (χ1v) is 10.3. The molecular weight excluding hydrogens is 378 g/mol. The first-order valence-electron chi connectivity index (χ1n) is 8.11. The second-order valence-corrected chi connectivity index (χ2v) is 9.34. The molecule has 0 atom stereocenters. The van der Waals surface area contributed by atoms with Gasteiger partial charge in [-0.05, 0) is 46.3 Å². The van der Waals surface area contributed by atoms with E-state index < -0.39 is 10.0 Å². The maximum absolute atomic E-state index is 13.0. The van der Waals surface area contributed by atoms with Crippen molar-refractivity contribution in [2.75, 3.05) is 19.7 Å². The third-order valence-electron chi connectivity index (χ3n) is 3.14. The molecule has 0 saturated heterocycles. The van der Waals surface area contributed by atoms with Crippen LogP contribution in [0.2, 0.25) is 0 Å². The van der Waals surface area contributed by atoms with Crippen molar-refractivity contribution >= 4 is 26.0 Å². The van der Waals surface area contributed by atoms with Crippen LogP contribution in [0.5, 0.6) is 5.75 Å². The molecule has 23 heavy (non-hydrogen) atoms. The van der Waals surface area contributed by atoms with Gasteiger partial charge in [0.25, 0.3) is 0 Å².